The van der Waals surface area contributed by atoms with Gasteiger partial charge in [0, 0.05) is 0 Å². The summed E-state index contributed by atoms with van der Waals surface area (Å²) in [6.07, 6.45) is 12.3. The first-order valence-corrected chi connectivity index (χ1v) is 9.96. The van der Waals surface area contributed by atoms with Crippen LogP contribution in [0.2, 0.25) is 0 Å². The van der Waals surface area contributed by atoms with Crippen molar-refractivity contribution in [1.82, 2.24) is 0 Å². The van der Waals surface area contributed by atoms with Gasteiger partial charge in [-0.2, -0.15) is 0 Å². The fraction of sp³-hybridized carbons (Fsp3) is 0.667. The second-order valence-electron chi connectivity index (χ2n) is 7.57. The van der Waals surface area contributed by atoms with Crippen molar-refractivity contribution in [3.63, 3.8) is 0 Å². The monoisotopic (exact) mass is 378 g/mol. The molecule has 0 unspecified atom stereocenters. The molecule has 1 saturated heterocycles. The van der Waals surface area contributed by atoms with Crippen molar-refractivity contribution in [2.75, 3.05) is 0 Å². The average Bonchev–Trinajstić information content (AvgIpc) is 3.10. The second-order valence-corrected chi connectivity index (χ2v) is 7.57. The Kier molecular flexibility index (Phi) is 7.63. The Morgan fingerprint density at radius 1 is 1.11 bits per heavy atom. The van der Waals surface area contributed by atoms with Crippen molar-refractivity contribution in [3.8, 4) is 0 Å². The Morgan fingerprint density at radius 2 is 1.74 bits per heavy atom. The molecule has 0 aromatic carbocycles. The molecule has 6 heteroatoms. The highest BCUT2D eigenvalue weighted by molar-refractivity contribution is 6.24. The van der Waals surface area contributed by atoms with Gasteiger partial charge in [0.1, 0.15) is 16.9 Å². The van der Waals surface area contributed by atoms with Gasteiger partial charge in [0.05, 0.1) is 6.42 Å². The normalized spacial score (nSPS) is 27.1. The predicted molar refractivity (Wildman–Crippen MR) is 100 cm³/mol. The number of rotatable bonds is 11. The van der Waals surface area contributed by atoms with Crippen molar-refractivity contribution in [3.05, 3.63) is 23.5 Å². The molecule has 2 aliphatic heterocycles. The molecule has 150 valence electrons. The smallest absolute Gasteiger partial charge is 0.346 e. The Balaban J connectivity index is 1.82. The number of ketones is 1. The van der Waals surface area contributed by atoms with Crippen molar-refractivity contribution < 1.29 is 29.0 Å². The molecule has 1 N–H and O–H groups in total. The summed E-state index contributed by atoms with van der Waals surface area (Å²) in [4.78, 5) is 35.0. The number of Topliss-reactive ketones (excluding diaryl/α,β-unsaturated/α-hetero) is 1. The number of carboxylic acid groups (broad SMARTS) is 1. The molecule has 0 aromatic rings. The fourth-order valence-corrected chi connectivity index (χ4v) is 3.47. The van der Waals surface area contributed by atoms with Crippen LogP contribution in [0.15, 0.2) is 23.5 Å². The van der Waals surface area contributed by atoms with E-state index in [2.05, 4.69) is 6.92 Å². The number of carboxylic acids is 1. The second kappa shape index (κ2) is 9.72. The summed E-state index contributed by atoms with van der Waals surface area (Å²) in [7, 11) is 0. The summed E-state index contributed by atoms with van der Waals surface area (Å²) in [5.41, 5.74) is -0.715. The number of hydrogen-bond donors (Lipinski definition) is 1. The number of carbonyl (C=O) groups is 3. The SMILES string of the molecule is CCCCCCCCCC[C@]1(C)C=C/C(=C2/C(=O)O[C@@H](CC(=O)O)C2=O)O1. The number of esters is 1. The van der Waals surface area contributed by atoms with E-state index < -0.39 is 35.8 Å². The summed E-state index contributed by atoms with van der Waals surface area (Å²) in [6.45, 7) is 4.14. The quantitative estimate of drug-likeness (QED) is 0.252. The lowest BCUT2D eigenvalue weighted by molar-refractivity contribution is -0.147. The Morgan fingerprint density at radius 3 is 2.37 bits per heavy atom. The lowest BCUT2D eigenvalue weighted by Gasteiger charge is -2.23. The van der Waals surface area contributed by atoms with E-state index in [1.807, 2.05) is 13.0 Å². The van der Waals surface area contributed by atoms with Gasteiger partial charge in [-0.05, 0) is 31.9 Å². The highest BCUT2D eigenvalue weighted by Gasteiger charge is 2.44. The van der Waals surface area contributed by atoms with E-state index in [1.54, 1.807) is 6.08 Å². The molecule has 6 nitrogen and oxygen atoms in total. The fourth-order valence-electron chi connectivity index (χ4n) is 3.47. The van der Waals surface area contributed by atoms with Crippen molar-refractivity contribution in [1.29, 1.82) is 0 Å². The van der Waals surface area contributed by atoms with Crippen LogP contribution >= 0.6 is 0 Å². The summed E-state index contributed by atoms with van der Waals surface area (Å²) >= 11 is 0. The van der Waals surface area contributed by atoms with Gasteiger partial charge in [0.2, 0.25) is 5.78 Å². The van der Waals surface area contributed by atoms with Crippen LogP contribution in [0.1, 0.15) is 78.1 Å². The standard InChI is InChI=1S/C21H30O6/c1-3-4-5-6-7-8-9-10-12-21(2)13-11-15(27-21)18-19(24)16(14-17(22)23)26-20(18)25/h11,13,16H,3-10,12,14H2,1-2H3,(H,22,23)/b18-15-/t16-,21+/m0/s1. The summed E-state index contributed by atoms with van der Waals surface area (Å²) in [5.74, 6) is -2.41. The summed E-state index contributed by atoms with van der Waals surface area (Å²) in [5, 5.41) is 8.81. The number of carbonyl (C=O) groups excluding carboxylic acids is 2. The third-order valence-electron chi connectivity index (χ3n) is 5.06. The molecule has 2 atom stereocenters. The molecule has 0 radical (unpaired) electrons. The van der Waals surface area contributed by atoms with Crippen molar-refractivity contribution >= 4 is 17.7 Å². The van der Waals surface area contributed by atoms with E-state index in [1.165, 1.54) is 38.5 Å². The highest BCUT2D eigenvalue weighted by Crippen LogP contribution is 2.35. The minimum absolute atomic E-state index is 0.169. The van der Waals surface area contributed by atoms with Crippen molar-refractivity contribution in [2.45, 2.75) is 89.8 Å². The van der Waals surface area contributed by atoms with E-state index >= 15 is 0 Å². The van der Waals surface area contributed by atoms with Crippen LogP contribution in [-0.4, -0.2) is 34.5 Å². The molecule has 0 bridgehead atoms. The number of hydrogen-bond acceptors (Lipinski definition) is 5. The Hall–Kier alpha value is -2.11. The Bertz CT molecular complexity index is 633. The molecule has 2 heterocycles. The Labute approximate surface area is 160 Å². The van der Waals surface area contributed by atoms with Gasteiger partial charge in [-0.3, -0.25) is 9.59 Å². The first kappa shape index (κ1) is 21.2. The van der Waals surface area contributed by atoms with Crippen LogP contribution < -0.4 is 0 Å². The van der Waals surface area contributed by atoms with E-state index in [4.69, 9.17) is 14.6 Å². The number of cyclic esters (lactones) is 1. The first-order chi connectivity index (χ1) is 12.9. The summed E-state index contributed by atoms with van der Waals surface area (Å²) < 4.78 is 10.8. The van der Waals surface area contributed by atoms with Crippen LogP contribution in [0.25, 0.3) is 0 Å². The minimum Gasteiger partial charge on any atom is -0.482 e. The maximum Gasteiger partial charge on any atom is 0.346 e. The van der Waals surface area contributed by atoms with Gasteiger partial charge in [-0.25, -0.2) is 4.79 Å². The number of unbranched alkanes of at least 4 members (excludes halogenated alkanes) is 7. The molecule has 0 spiro atoms. The molecule has 27 heavy (non-hydrogen) atoms. The zero-order chi connectivity index (χ0) is 19.9. The molecule has 2 aliphatic rings. The molecular weight excluding hydrogens is 348 g/mol. The van der Waals surface area contributed by atoms with Gasteiger partial charge < -0.3 is 14.6 Å². The van der Waals surface area contributed by atoms with E-state index in [0.717, 1.165) is 19.3 Å². The third kappa shape index (κ3) is 5.94. The zero-order valence-corrected chi connectivity index (χ0v) is 16.3. The molecular formula is C21H30O6. The lowest BCUT2D eigenvalue weighted by Crippen LogP contribution is -2.23. The molecule has 0 aliphatic carbocycles. The number of allylic oxidation sites excluding steroid dienone is 1. The maximum atomic E-state index is 12.3. The van der Waals surface area contributed by atoms with Gasteiger partial charge in [0.25, 0.3) is 0 Å². The topological polar surface area (TPSA) is 89.9 Å². The molecule has 0 aromatic heterocycles. The van der Waals surface area contributed by atoms with Gasteiger partial charge in [-0.1, -0.05) is 51.9 Å². The van der Waals surface area contributed by atoms with Gasteiger partial charge >= 0.3 is 11.9 Å². The van der Waals surface area contributed by atoms with Crippen LogP contribution in [0.3, 0.4) is 0 Å². The third-order valence-corrected chi connectivity index (χ3v) is 5.06. The minimum atomic E-state index is -1.26. The molecule has 1 fully saturated rings. The van der Waals surface area contributed by atoms with Crippen LogP contribution in [0, 0.1) is 0 Å². The first-order valence-electron chi connectivity index (χ1n) is 9.96. The average molecular weight is 378 g/mol. The zero-order valence-electron chi connectivity index (χ0n) is 16.3. The predicted octanol–water partition coefficient (Wildman–Crippen LogP) is 4.09. The maximum absolute atomic E-state index is 12.3. The number of ether oxygens (including phenoxy) is 2. The number of aliphatic carboxylic acids is 1. The van der Waals surface area contributed by atoms with Gasteiger partial charge in [0.15, 0.2) is 6.10 Å². The van der Waals surface area contributed by atoms with Crippen LogP contribution in [0.4, 0.5) is 0 Å². The molecule has 0 saturated carbocycles. The van der Waals surface area contributed by atoms with E-state index in [0.29, 0.717) is 0 Å². The summed E-state index contributed by atoms with van der Waals surface area (Å²) in [6, 6.07) is 0. The lowest BCUT2D eigenvalue weighted by atomic mass is 9.98. The molecule has 0 amide bonds. The largest absolute Gasteiger partial charge is 0.482 e. The highest BCUT2D eigenvalue weighted by atomic mass is 16.6. The van der Waals surface area contributed by atoms with Crippen LogP contribution in [0.5, 0.6) is 0 Å². The van der Waals surface area contributed by atoms with E-state index in [9.17, 15) is 14.4 Å². The molecule has 2 rings (SSSR count). The van der Waals surface area contributed by atoms with Crippen LogP contribution in [-0.2, 0) is 23.9 Å². The van der Waals surface area contributed by atoms with E-state index in [-0.39, 0.29) is 11.3 Å². The van der Waals surface area contributed by atoms with Gasteiger partial charge in [-0.15, -0.1) is 0 Å². The van der Waals surface area contributed by atoms with Crippen molar-refractivity contribution in [2.24, 2.45) is 0 Å².